The van der Waals surface area contributed by atoms with Crippen molar-refractivity contribution < 1.29 is 9.53 Å². The average molecular weight is 419 g/mol. The van der Waals surface area contributed by atoms with E-state index in [9.17, 15) is 9.59 Å². The normalized spacial score (nSPS) is 11.7. The molecule has 0 aliphatic carbocycles. The van der Waals surface area contributed by atoms with E-state index in [2.05, 4.69) is 9.97 Å². The molecular formula is C21H13N3O3S2. The Morgan fingerprint density at radius 1 is 1.03 bits per heavy atom. The topological polar surface area (TPSA) is 73.6 Å². The van der Waals surface area contributed by atoms with Crippen molar-refractivity contribution in [2.24, 2.45) is 0 Å². The molecule has 0 saturated carbocycles. The van der Waals surface area contributed by atoms with Crippen LogP contribution in [-0.2, 0) is 16.1 Å². The van der Waals surface area contributed by atoms with Crippen molar-refractivity contribution in [1.29, 1.82) is 0 Å². The summed E-state index contributed by atoms with van der Waals surface area (Å²) in [5, 5.41) is 0.728. The molecule has 29 heavy (non-hydrogen) atoms. The summed E-state index contributed by atoms with van der Waals surface area (Å²) in [6.07, 6.45) is 2.97. The first kappa shape index (κ1) is 17.7. The third-order valence-electron chi connectivity index (χ3n) is 4.28. The highest BCUT2D eigenvalue weighted by molar-refractivity contribution is 7.23. The van der Waals surface area contributed by atoms with Crippen LogP contribution in [0, 0.1) is 0 Å². The van der Waals surface area contributed by atoms with Gasteiger partial charge in [0.05, 0.1) is 26.1 Å². The first-order chi connectivity index (χ1) is 14.2. The lowest BCUT2D eigenvalue weighted by molar-refractivity contribution is -0.139. The number of para-hydroxylation sites is 2. The van der Waals surface area contributed by atoms with Crippen molar-refractivity contribution in [2.45, 2.75) is 6.61 Å². The molecule has 2 aromatic carbocycles. The van der Waals surface area contributed by atoms with Crippen molar-refractivity contribution >= 4 is 60.1 Å². The van der Waals surface area contributed by atoms with Gasteiger partial charge in [-0.05, 0) is 30.3 Å². The Labute approximate surface area is 172 Å². The standard InChI is InChI=1S/C21H13N3O3S2/c25-19-11-13(22-21-24(19)15-6-2-4-8-17(15)29-21)12-27-20(26)10-9-18-23-14-5-1-3-7-16(14)28-18/h1-11H,12H2. The van der Waals surface area contributed by atoms with Crippen molar-refractivity contribution in [3.05, 3.63) is 81.7 Å². The summed E-state index contributed by atoms with van der Waals surface area (Å²) in [6.45, 7) is -0.0665. The summed E-state index contributed by atoms with van der Waals surface area (Å²) in [6, 6.07) is 16.8. The van der Waals surface area contributed by atoms with Gasteiger partial charge in [-0.15, -0.1) is 11.3 Å². The van der Waals surface area contributed by atoms with Crippen LogP contribution in [0.1, 0.15) is 10.7 Å². The van der Waals surface area contributed by atoms with Crippen LogP contribution in [0.5, 0.6) is 0 Å². The Morgan fingerprint density at radius 2 is 1.83 bits per heavy atom. The van der Waals surface area contributed by atoms with Crippen LogP contribution in [0.3, 0.4) is 0 Å². The van der Waals surface area contributed by atoms with Crippen molar-refractivity contribution in [1.82, 2.24) is 14.4 Å². The van der Waals surface area contributed by atoms with E-state index in [4.69, 9.17) is 4.74 Å². The molecule has 0 unspecified atom stereocenters. The summed E-state index contributed by atoms with van der Waals surface area (Å²) in [7, 11) is 0. The number of benzene rings is 2. The quantitative estimate of drug-likeness (QED) is 0.321. The molecule has 0 saturated heterocycles. The second kappa shape index (κ2) is 7.23. The number of carbonyl (C=O) groups is 1. The smallest absolute Gasteiger partial charge is 0.331 e. The van der Waals surface area contributed by atoms with Gasteiger partial charge in [-0.1, -0.05) is 35.6 Å². The van der Waals surface area contributed by atoms with Crippen LogP contribution in [0.25, 0.3) is 31.5 Å². The van der Waals surface area contributed by atoms with Crippen LogP contribution in [0.4, 0.5) is 0 Å². The fourth-order valence-electron chi connectivity index (χ4n) is 2.99. The van der Waals surface area contributed by atoms with E-state index in [1.54, 1.807) is 10.5 Å². The van der Waals surface area contributed by atoms with Crippen LogP contribution in [-0.4, -0.2) is 20.3 Å². The van der Waals surface area contributed by atoms with E-state index >= 15 is 0 Å². The third-order valence-corrected chi connectivity index (χ3v) is 6.31. The minimum atomic E-state index is -0.511. The van der Waals surface area contributed by atoms with Crippen LogP contribution in [0.2, 0.25) is 0 Å². The predicted octanol–water partition coefficient (Wildman–Crippen LogP) is 4.28. The molecule has 6 nitrogen and oxygen atoms in total. The molecule has 8 heteroatoms. The van der Waals surface area contributed by atoms with E-state index in [0.29, 0.717) is 10.7 Å². The molecule has 0 aliphatic heterocycles. The highest BCUT2D eigenvalue weighted by atomic mass is 32.1. The van der Waals surface area contributed by atoms with Gasteiger partial charge in [0.1, 0.15) is 11.6 Å². The number of carbonyl (C=O) groups excluding carboxylic acids is 1. The van der Waals surface area contributed by atoms with Gasteiger partial charge >= 0.3 is 5.97 Å². The molecule has 142 valence electrons. The lowest BCUT2D eigenvalue weighted by atomic mass is 10.3. The first-order valence-electron chi connectivity index (χ1n) is 8.78. The van der Waals surface area contributed by atoms with E-state index in [1.807, 2.05) is 48.5 Å². The molecule has 0 N–H and O–H groups in total. The summed E-state index contributed by atoms with van der Waals surface area (Å²) in [5.41, 5.74) is 1.95. The summed E-state index contributed by atoms with van der Waals surface area (Å²) in [4.78, 5) is 34.0. The molecule has 3 heterocycles. The number of thiazole rings is 2. The number of esters is 1. The van der Waals surface area contributed by atoms with Gasteiger partial charge in [0.2, 0.25) is 0 Å². The Kier molecular flexibility index (Phi) is 4.42. The summed E-state index contributed by atoms with van der Waals surface area (Å²) < 4.78 is 8.85. The number of nitrogens with zero attached hydrogens (tertiary/aromatic N) is 3. The highest BCUT2D eigenvalue weighted by Crippen LogP contribution is 2.24. The average Bonchev–Trinajstić information content (AvgIpc) is 3.31. The molecule has 0 bridgehead atoms. The fraction of sp³-hybridized carbons (Fsp3) is 0.0476. The Bertz CT molecular complexity index is 1430. The van der Waals surface area contributed by atoms with Gasteiger partial charge in [0.25, 0.3) is 5.56 Å². The van der Waals surface area contributed by atoms with Crippen molar-refractivity contribution in [2.75, 3.05) is 0 Å². The molecular weight excluding hydrogens is 406 g/mol. The number of hydrogen-bond donors (Lipinski definition) is 0. The van der Waals surface area contributed by atoms with Gasteiger partial charge < -0.3 is 4.74 Å². The van der Waals surface area contributed by atoms with E-state index < -0.39 is 5.97 Å². The molecule has 0 radical (unpaired) electrons. The lowest BCUT2D eigenvalue weighted by Crippen LogP contribution is -2.14. The lowest BCUT2D eigenvalue weighted by Gasteiger charge is -2.02. The maximum Gasteiger partial charge on any atom is 0.331 e. The first-order valence-corrected chi connectivity index (χ1v) is 10.4. The monoisotopic (exact) mass is 419 g/mol. The molecule has 5 rings (SSSR count). The Balaban J connectivity index is 1.32. The molecule has 0 atom stereocenters. The van der Waals surface area contributed by atoms with Gasteiger partial charge in [-0.3, -0.25) is 9.20 Å². The second-order valence-corrected chi connectivity index (χ2v) is 8.31. The minimum Gasteiger partial charge on any atom is -0.456 e. The number of ether oxygens (including phenoxy) is 1. The van der Waals surface area contributed by atoms with Crippen LogP contribution < -0.4 is 5.56 Å². The van der Waals surface area contributed by atoms with Gasteiger partial charge in [0.15, 0.2) is 4.96 Å². The van der Waals surface area contributed by atoms with Gasteiger partial charge in [-0.2, -0.15) is 0 Å². The molecule has 0 amide bonds. The third kappa shape index (κ3) is 3.43. The predicted molar refractivity (Wildman–Crippen MR) is 115 cm³/mol. The van der Waals surface area contributed by atoms with Crippen LogP contribution >= 0.6 is 22.7 Å². The number of fused-ring (bicyclic) bond motifs is 4. The van der Waals surface area contributed by atoms with E-state index in [-0.39, 0.29) is 12.2 Å². The van der Waals surface area contributed by atoms with Crippen molar-refractivity contribution in [3.8, 4) is 0 Å². The zero-order chi connectivity index (χ0) is 19.8. The number of aromatic nitrogens is 3. The van der Waals surface area contributed by atoms with Crippen LogP contribution in [0.15, 0.2) is 65.5 Å². The van der Waals surface area contributed by atoms with Gasteiger partial charge in [-0.25, -0.2) is 14.8 Å². The highest BCUT2D eigenvalue weighted by Gasteiger charge is 2.10. The molecule has 3 aromatic heterocycles. The van der Waals surface area contributed by atoms with E-state index in [0.717, 1.165) is 25.4 Å². The second-order valence-electron chi connectivity index (χ2n) is 6.23. The maximum absolute atomic E-state index is 12.5. The number of rotatable bonds is 4. The molecule has 0 fully saturated rings. The Hall–Kier alpha value is -3.36. The Morgan fingerprint density at radius 3 is 2.69 bits per heavy atom. The summed E-state index contributed by atoms with van der Waals surface area (Å²) >= 11 is 2.92. The SMILES string of the molecule is O=C(C=Cc1nc2ccccc2s1)OCc1cc(=O)n2c(n1)sc1ccccc12. The molecule has 5 aromatic rings. The zero-order valence-electron chi connectivity index (χ0n) is 14.9. The minimum absolute atomic E-state index is 0.0665. The maximum atomic E-state index is 12.5. The number of hydrogen-bond acceptors (Lipinski definition) is 7. The zero-order valence-corrected chi connectivity index (χ0v) is 16.6. The van der Waals surface area contributed by atoms with Crippen molar-refractivity contribution in [3.63, 3.8) is 0 Å². The largest absolute Gasteiger partial charge is 0.456 e. The molecule has 0 spiro atoms. The molecule has 0 aliphatic rings. The summed E-state index contributed by atoms with van der Waals surface area (Å²) in [5.74, 6) is -0.511. The fourth-order valence-corrected chi connectivity index (χ4v) is 4.91. The van der Waals surface area contributed by atoms with E-state index in [1.165, 1.54) is 34.8 Å². The van der Waals surface area contributed by atoms with Gasteiger partial charge in [0, 0.05) is 12.1 Å².